The molecule has 0 aromatic carbocycles. The second-order valence-corrected chi connectivity index (χ2v) is 4.23. The molecule has 1 aliphatic heterocycles. The van der Waals surface area contributed by atoms with E-state index in [1.54, 1.807) is 7.11 Å². The third-order valence-corrected chi connectivity index (χ3v) is 2.43. The van der Waals surface area contributed by atoms with E-state index >= 15 is 0 Å². The zero-order valence-corrected chi connectivity index (χ0v) is 9.56. The minimum atomic E-state index is -0.434. The second kappa shape index (κ2) is 6.40. The van der Waals surface area contributed by atoms with Crippen LogP contribution in [0.15, 0.2) is 0 Å². The maximum atomic E-state index is 9.64. The van der Waals surface area contributed by atoms with E-state index in [0.717, 1.165) is 13.1 Å². The van der Waals surface area contributed by atoms with Crippen molar-refractivity contribution in [3.8, 4) is 0 Å². The number of rotatable bonds is 7. The molecule has 2 atom stereocenters. The van der Waals surface area contributed by atoms with E-state index in [-0.39, 0.29) is 12.1 Å². The van der Waals surface area contributed by atoms with Gasteiger partial charge in [0.1, 0.15) is 0 Å². The van der Waals surface area contributed by atoms with Gasteiger partial charge in [0.15, 0.2) is 0 Å². The quantitative estimate of drug-likeness (QED) is 0.576. The van der Waals surface area contributed by atoms with Crippen LogP contribution in [0.25, 0.3) is 0 Å². The number of nitrogens with zero attached hydrogens (tertiary/aromatic N) is 1. The smallest absolute Gasteiger partial charge is 0.0900 e. The van der Waals surface area contributed by atoms with Gasteiger partial charge in [-0.2, -0.15) is 0 Å². The van der Waals surface area contributed by atoms with Crippen molar-refractivity contribution in [1.82, 2.24) is 4.90 Å². The molecular formula is C10H22N2O3. The van der Waals surface area contributed by atoms with Gasteiger partial charge in [0, 0.05) is 32.8 Å². The average Bonchev–Trinajstić information content (AvgIpc) is 2.13. The zero-order valence-electron chi connectivity index (χ0n) is 9.56. The third kappa shape index (κ3) is 4.90. The Bertz CT molecular complexity index is 174. The fourth-order valence-electron chi connectivity index (χ4n) is 1.67. The Morgan fingerprint density at radius 1 is 1.47 bits per heavy atom. The normalized spacial score (nSPS) is 22.4. The zero-order chi connectivity index (χ0) is 11.3. The lowest BCUT2D eigenvalue weighted by Crippen LogP contribution is -2.57. The predicted molar refractivity (Wildman–Crippen MR) is 57.7 cm³/mol. The van der Waals surface area contributed by atoms with Crippen LogP contribution in [0.4, 0.5) is 0 Å². The maximum absolute atomic E-state index is 9.64. The highest BCUT2D eigenvalue weighted by molar-refractivity contribution is 4.83. The Morgan fingerprint density at radius 2 is 2.13 bits per heavy atom. The van der Waals surface area contributed by atoms with Crippen molar-refractivity contribution in [2.45, 2.75) is 25.2 Å². The Hall–Kier alpha value is -0.200. The Balaban J connectivity index is 2.00. The molecule has 90 valence electrons. The first-order chi connectivity index (χ1) is 7.11. The molecule has 0 aromatic rings. The van der Waals surface area contributed by atoms with Crippen LogP contribution < -0.4 is 5.73 Å². The highest BCUT2D eigenvalue weighted by Gasteiger charge is 2.24. The fourth-order valence-corrected chi connectivity index (χ4v) is 1.67. The number of nitrogens with two attached hydrogens (primary N) is 1. The SMILES string of the molecule is COCC(C)OCC(O)CN1CC(N)C1. The maximum Gasteiger partial charge on any atom is 0.0900 e. The summed E-state index contributed by atoms with van der Waals surface area (Å²) in [5, 5.41) is 9.64. The van der Waals surface area contributed by atoms with Gasteiger partial charge in [-0.1, -0.05) is 0 Å². The molecule has 0 aliphatic carbocycles. The van der Waals surface area contributed by atoms with Gasteiger partial charge in [0.25, 0.3) is 0 Å². The summed E-state index contributed by atoms with van der Waals surface area (Å²) in [5.41, 5.74) is 5.64. The number of methoxy groups -OCH3 is 1. The fraction of sp³-hybridized carbons (Fsp3) is 1.00. The molecule has 3 N–H and O–H groups in total. The molecular weight excluding hydrogens is 196 g/mol. The van der Waals surface area contributed by atoms with E-state index in [1.165, 1.54) is 0 Å². The van der Waals surface area contributed by atoms with Crippen molar-refractivity contribution in [3.05, 3.63) is 0 Å². The second-order valence-electron chi connectivity index (χ2n) is 4.23. The molecule has 0 saturated carbocycles. The number of aliphatic hydroxyl groups is 1. The molecule has 0 bridgehead atoms. The highest BCUT2D eigenvalue weighted by Crippen LogP contribution is 2.06. The number of hydrogen-bond donors (Lipinski definition) is 2. The van der Waals surface area contributed by atoms with E-state index in [9.17, 15) is 5.11 Å². The van der Waals surface area contributed by atoms with Gasteiger partial charge in [0.05, 0.1) is 25.4 Å². The summed E-state index contributed by atoms with van der Waals surface area (Å²) < 4.78 is 10.3. The van der Waals surface area contributed by atoms with Crippen LogP contribution >= 0.6 is 0 Å². The molecule has 15 heavy (non-hydrogen) atoms. The van der Waals surface area contributed by atoms with Gasteiger partial charge in [0.2, 0.25) is 0 Å². The largest absolute Gasteiger partial charge is 0.389 e. The monoisotopic (exact) mass is 218 g/mol. The molecule has 0 amide bonds. The van der Waals surface area contributed by atoms with Crippen LogP contribution in [0.2, 0.25) is 0 Å². The first-order valence-corrected chi connectivity index (χ1v) is 5.38. The van der Waals surface area contributed by atoms with Gasteiger partial charge >= 0.3 is 0 Å². The molecule has 1 aliphatic rings. The summed E-state index contributed by atoms with van der Waals surface area (Å²) >= 11 is 0. The third-order valence-electron chi connectivity index (χ3n) is 2.43. The van der Waals surface area contributed by atoms with Crippen LogP contribution in [0, 0.1) is 0 Å². The van der Waals surface area contributed by atoms with Gasteiger partial charge in [-0.05, 0) is 6.92 Å². The molecule has 1 saturated heterocycles. The van der Waals surface area contributed by atoms with Crippen molar-refractivity contribution in [1.29, 1.82) is 0 Å². The molecule has 2 unspecified atom stereocenters. The molecule has 5 nitrogen and oxygen atoms in total. The minimum absolute atomic E-state index is 0.0308. The summed E-state index contributed by atoms with van der Waals surface area (Å²) in [7, 11) is 1.64. The van der Waals surface area contributed by atoms with Crippen LogP contribution in [0.1, 0.15) is 6.92 Å². The lowest BCUT2D eigenvalue weighted by Gasteiger charge is -2.38. The lowest BCUT2D eigenvalue weighted by molar-refractivity contribution is -0.0456. The van der Waals surface area contributed by atoms with Crippen LogP contribution in [0.3, 0.4) is 0 Å². The number of aliphatic hydroxyl groups excluding tert-OH is 1. The van der Waals surface area contributed by atoms with E-state index in [0.29, 0.717) is 19.8 Å². The van der Waals surface area contributed by atoms with Crippen LogP contribution in [-0.2, 0) is 9.47 Å². The number of hydrogen-bond acceptors (Lipinski definition) is 5. The number of likely N-dealkylation sites (tertiary alicyclic amines) is 1. The van der Waals surface area contributed by atoms with E-state index in [4.69, 9.17) is 15.2 Å². The molecule has 1 fully saturated rings. The van der Waals surface area contributed by atoms with E-state index in [1.807, 2.05) is 6.92 Å². The van der Waals surface area contributed by atoms with E-state index < -0.39 is 6.10 Å². The van der Waals surface area contributed by atoms with Gasteiger partial charge < -0.3 is 20.3 Å². The van der Waals surface area contributed by atoms with Crippen molar-refractivity contribution < 1.29 is 14.6 Å². The highest BCUT2D eigenvalue weighted by atomic mass is 16.5. The Kier molecular flexibility index (Phi) is 5.49. The number of ether oxygens (including phenoxy) is 2. The topological polar surface area (TPSA) is 68.0 Å². The predicted octanol–water partition coefficient (Wildman–Crippen LogP) is -0.958. The molecule has 0 spiro atoms. The molecule has 0 radical (unpaired) electrons. The first kappa shape index (κ1) is 12.9. The molecule has 1 heterocycles. The van der Waals surface area contributed by atoms with Crippen LogP contribution in [0.5, 0.6) is 0 Å². The summed E-state index contributed by atoms with van der Waals surface area (Å²) in [5.74, 6) is 0. The van der Waals surface area contributed by atoms with Gasteiger partial charge in [-0.25, -0.2) is 0 Å². The van der Waals surface area contributed by atoms with Crippen molar-refractivity contribution >= 4 is 0 Å². The van der Waals surface area contributed by atoms with Crippen LogP contribution in [-0.4, -0.2) is 68.2 Å². The van der Waals surface area contributed by atoms with Crippen molar-refractivity contribution in [2.75, 3.05) is 40.0 Å². The first-order valence-electron chi connectivity index (χ1n) is 5.38. The Labute approximate surface area is 91.1 Å². The Morgan fingerprint density at radius 3 is 2.67 bits per heavy atom. The number of β-amino-alcohol motifs (C(OH)–C–C–N with tert-alkyl or cyclic N) is 1. The van der Waals surface area contributed by atoms with Crippen molar-refractivity contribution in [2.24, 2.45) is 5.73 Å². The average molecular weight is 218 g/mol. The summed E-state index contributed by atoms with van der Waals surface area (Å²) in [6, 6.07) is 0.283. The molecule has 1 rings (SSSR count). The summed E-state index contributed by atoms with van der Waals surface area (Å²) in [6.07, 6.45) is -0.403. The summed E-state index contributed by atoms with van der Waals surface area (Å²) in [6.45, 7) is 5.25. The molecule has 0 aromatic heterocycles. The molecule has 5 heteroatoms. The van der Waals surface area contributed by atoms with E-state index in [2.05, 4.69) is 4.90 Å². The van der Waals surface area contributed by atoms with Crippen molar-refractivity contribution in [3.63, 3.8) is 0 Å². The van der Waals surface area contributed by atoms with Gasteiger partial charge in [-0.3, -0.25) is 4.90 Å². The van der Waals surface area contributed by atoms with Gasteiger partial charge in [-0.15, -0.1) is 0 Å². The summed E-state index contributed by atoms with van der Waals surface area (Å²) in [4.78, 5) is 2.12. The minimum Gasteiger partial charge on any atom is -0.389 e. The standard InChI is InChI=1S/C10H22N2O3/c1-8(6-14-2)15-7-10(13)5-12-3-9(11)4-12/h8-10,13H,3-7,11H2,1-2H3. The lowest BCUT2D eigenvalue weighted by atomic mass is 10.1.